The summed E-state index contributed by atoms with van der Waals surface area (Å²) in [7, 11) is 1.82. The minimum Gasteiger partial charge on any atom is -0.481 e. The minimum atomic E-state index is -0.932. The highest BCUT2D eigenvalue weighted by molar-refractivity contribution is 7.20. The van der Waals surface area contributed by atoms with E-state index >= 15 is 0 Å². The summed E-state index contributed by atoms with van der Waals surface area (Å²) in [6.45, 7) is 5.39. The number of carboxylic acids is 1. The Morgan fingerprint density at radius 3 is 2.65 bits per heavy atom. The van der Waals surface area contributed by atoms with Gasteiger partial charge in [0.05, 0.1) is 16.5 Å². The zero-order valence-electron chi connectivity index (χ0n) is 15.3. The third-order valence-electron chi connectivity index (χ3n) is 4.17. The van der Waals surface area contributed by atoms with E-state index in [9.17, 15) is 14.4 Å². The van der Waals surface area contributed by atoms with Crippen LogP contribution in [-0.4, -0.2) is 45.3 Å². The fourth-order valence-corrected chi connectivity index (χ4v) is 3.71. The number of hydrogen-bond donors (Lipinski definition) is 3. The van der Waals surface area contributed by atoms with Crippen LogP contribution in [0, 0.1) is 12.8 Å². The molecule has 2 aromatic rings. The van der Waals surface area contributed by atoms with Crippen molar-refractivity contribution in [3.8, 4) is 0 Å². The lowest BCUT2D eigenvalue weighted by molar-refractivity contribution is -0.142. The molecule has 2 aromatic heterocycles. The van der Waals surface area contributed by atoms with Gasteiger partial charge in [0.15, 0.2) is 0 Å². The number of nitrogens with one attached hydrogen (secondary N) is 2. The summed E-state index contributed by atoms with van der Waals surface area (Å²) < 4.78 is 1.72. The molecule has 0 bridgehead atoms. The third kappa shape index (κ3) is 4.40. The average Bonchev–Trinajstić information content (AvgIpc) is 3.13. The number of hydrogen-bond acceptors (Lipinski definition) is 5. The van der Waals surface area contributed by atoms with E-state index in [1.165, 1.54) is 11.3 Å². The van der Waals surface area contributed by atoms with E-state index in [0.717, 1.165) is 22.3 Å². The van der Waals surface area contributed by atoms with Gasteiger partial charge in [-0.3, -0.25) is 19.1 Å². The van der Waals surface area contributed by atoms with Crippen LogP contribution in [0.3, 0.4) is 0 Å². The maximum absolute atomic E-state index is 12.4. The van der Waals surface area contributed by atoms with E-state index in [-0.39, 0.29) is 12.5 Å². The lowest BCUT2D eigenvalue weighted by Gasteiger charge is -2.16. The maximum Gasteiger partial charge on any atom is 0.308 e. The smallest absolute Gasteiger partial charge is 0.308 e. The Morgan fingerprint density at radius 2 is 2.08 bits per heavy atom. The van der Waals surface area contributed by atoms with Gasteiger partial charge in [-0.1, -0.05) is 13.3 Å². The van der Waals surface area contributed by atoms with Gasteiger partial charge in [-0.15, -0.1) is 11.3 Å². The molecule has 2 unspecified atom stereocenters. The van der Waals surface area contributed by atoms with Crippen LogP contribution in [0.25, 0.3) is 10.2 Å². The second kappa shape index (κ2) is 8.31. The molecule has 0 spiro atoms. The third-order valence-corrected chi connectivity index (χ3v) is 5.37. The summed E-state index contributed by atoms with van der Waals surface area (Å²) in [5, 5.41) is 19.6. The predicted molar refractivity (Wildman–Crippen MR) is 99.3 cm³/mol. The van der Waals surface area contributed by atoms with E-state index < -0.39 is 23.8 Å². The molecule has 0 aromatic carbocycles. The molecule has 0 aliphatic carbocycles. The summed E-state index contributed by atoms with van der Waals surface area (Å²) in [6, 6.07) is 1.01. The van der Waals surface area contributed by atoms with Crippen molar-refractivity contribution in [1.82, 2.24) is 20.4 Å². The van der Waals surface area contributed by atoms with Gasteiger partial charge in [0, 0.05) is 19.0 Å². The molecule has 0 aliphatic rings. The van der Waals surface area contributed by atoms with Crippen LogP contribution >= 0.6 is 11.3 Å². The summed E-state index contributed by atoms with van der Waals surface area (Å²) >= 11 is 1.31. The second-order valence-corrected chi connectivity index (χ2v) is 7.33. The number of aryl methyl sites for hydroxylation is 2. The molecule has 0 saturated carbocycles. The van der Waals surface area contributed by atoms with Gasteiger partial charge in [0.1, 0.15) is 10.9 Å². The molecule has 142 valence electrons. The lowest BCUT2D eigenvalue weighted by Crippen LogP contribution is -2.46. The van der Waals surface area contributed by atoms with E-state index in [1.54, 1.807) is 17.7 Å². The van der Waals surface area contributed by atoms with Crippen LogP contribution in [0.1, 0.15) is 42.1 Å². The Labute approximate surface area is 155 Å². The number of nitrogens with zero attached hydrogens (tertiary/aromatic N) is 2. The second-order valence-electron chi connectivity index (χ2n) is 6.30. The van der Waals surface area contributed by atoms with Crippen molar-refractivity contribution in [1.29, 1.82) is 0 Å². The Balaban J connectivity index is 1.95. The van der Waals surface area contributed by atoms with Gasteiger partial charge in [0.25, 0.3) is 5.91 Å². The molecule has 0 fully saturated rings. The number of aliphatic carboxylic acids is 1. The molecule has 2 rings (SSSR count). The van der Waals surface area contributed by atoms with Gasteiger partial charge in [-0.2, -0.15) is 5.10 Å². The Bertz CT molecular complexity index is 792. The van der Waals surface area contributed by atoms with E-state index in [4.69, 9.17) is 5.11 Å². The van der Waals surface area contributed by atoms with Crippen molar-refractivity contribution >= 4 is 39.3 Å². The van der Waals surface area contributed by atoms with Gasteiger partial charge < -0.3 is 15.7 Å². The topological polar surface area (TPSA) is 113 Å². The first-order valence-corrected chi connectivity index (χ1v) is 9.30. The predicted octanol–water partition coefficient (Wildman–Crippen LogP) is 1.68. The fraction of sp³-hybridized carbons (Fsp3) is 0.529. The van der Waals surface area contributed by atoms with Crippen LogP contribution < -0.4 is 10.6 Å². The molecule has 2 atom stereocenters. The fourth-order valence-electron chi connectivity index (χ4n) is 2.69. The highest BCUT2D eigenvalue weighted by Gasteiger charge is 2.22. The molecule has 0 saturated heterocycles. The molecular formula is C17H24N4O4S. The number of carbonyl (C=O) groups is 3. The Hall–Kier alpha value is -2.42. The molecule has 0 radical (unpaired) electrons. The van der Waals surface area contributed by atoms with Crippen LogP contribution in [0.2, 0.25) is 0 Å². The van der Waals surface area contributed by atoms with Gasteiger partial charge in [-0.05, 0) is 26.3 Å². The number of aromatic nitrogens is 2. The first kappa shape index (κ1) is 19.9. The van der Waals surface area contributed by atoms with Crippen molar-refractivity contribution in [3.05, 3.63) is 16.6 Å². The maximum atomic E-state index is 12.4. The van der Waals surface area contributed by atoms with Crippen LogP contribution in [-0.2, 0) is 16.6 Å². The van der Waals surface area contributed by atoms with Crippen LogP contribution in [0.5, 0.6) is 0 Å². The van der Waals surface area contributed by atoms with Crippen molar-refractivity contribution < 1.29 is 19.5 Å². The highest BCUT2D eigenvalue weighted by Crippen LogP contribution is 2.27. The Kier molecular flexibility index (Phi) is 6.36. The quantitative estimate of drug-likeness (QED) is 0.645. The number of carbonyl (C=O) groups excluding carboxylic acids is 2. The zero-order chi connectivity index (χ0) is 19.4. The summed E-state index contributed by atoms with van der Waals surface area (Å²) in [4.78, 5) is 37.1. The van der Waals surface area contributed by atoms with Gasteiger partial charge in [0.2, 0.25) is 5.91 Å². The number of amides is 2. The number of thiophene rings is 1. The zero-order valence-corrected chi connectivity index (χ0v) is 16.1. The van der Waals surface area contributed by atoms with Crippen LogP contribution in [0.4, 0.5) is 0 Å². The van der Waals surface area contributed by atoms with Crippen molar-refractivity contribution in [2.75, 3.05) is 6.54 Å². The molecule has 0 aliphatic heterocycles. The molecular weight excluding hydrogens is 356 g/mol. The summed E-state index contributed by atoms with van der Waals surface area (Å²) in [6.07, 6.45) is 1.21. The van der Waals surface area contributed by atoms with E-state index in [1.807, 2.05) is 20.9 Å². The molecule has 2 heterocycles. The summed E-state index contributed by atoms with van der Waals surface area (Å²) in [5.74, 6) is -2.29. The SMILES string of the molecule is CCCC(CNC(=O)C(C)NC(=O)c1cc2c(C)nn(C)c2s1)C(=O)O. The molecule has 26 heavy (non-hydrogen) atoms. The van der Waals surface area contributed by atoms with Crippen molar-refractivity contribution in [3.63, 3.8) is 0 Å². The first-order valence-electron chi connectivity index (χ1n) is 8.49. The Morgan fingerprint density at radius 1 is 1.38 bits per heavy atom. The largest absolute Gasteiger partial charge is 0.481 e. The number of rotatable bonds is 8. The van der Waals surface area contributed by atoms with Crippen molar-refractivity contribution in [2.45, 2.75) is 39.7 Å². The molecule has 3 N–H and O–H groups in total. The molecule has 8 nitrogen and oxygen atoms in total. The summed E-state index contributed by atoms with van der Waals surface area (Å²) in [5.41, 5.74) is 0.847. The number of carboxylic acid groups (broad SMARTS) is 1. The first-order chi connectivity index (χ1) is 12.2. The standard InChI is InChI=1S/C17H24N4O4S/c1-5-6-11(17(24)25)8-18-14(22)10(3)19-15(23)13-7-12-9(2)20-21(4)16(12)26-13/h7,10-11H,5-6,8H2,1-4H3,(H,18,22)(H,19,23)(H,24,25). The highest BCUT2D eigenvalue weighted by atomic mass is 32.1. The van der Waals surface area contributed by atoms with Crippen LogP contribution in [0.15, 0.2) is 6.07 Å². The monoisotopic (exact) mass is 380 g/mol. The van der Waals surface area contributed by atoms with Gasteiger partial charge >= 0.3 is 5.97 Å². The van der Waals surface area contributed by atoms with Crippen molar-refractivity contribution in [2.24, 2.45) is 13.0 Å². The number of fused-ring (bicyclic) bond motifs is 1. The lowest BCUT2D eigenvalue weighted by atomic mass is 10.0. The normalized spacial score (nSPS) is 13.4. The van der Waals surface area contributed by atoms with E-state index in [2.05, 4.69) is 15.7 Å². The minimum absolute atomic E-state index is 0.0516. The molecule has 9 heteroatoms. The average molecular weight is 380 g/mol. The molecule has 2 amide bonds. The van der Waals surface area contributed by atoms with E-state index in [0.29, 0.717) is 11.3 Å². The van der Waals surface area contributed by atoms with Gasteiger partial charge in [-0.25, -0.2) is 0 Å².